The van der Waals surface area contributed by atoms with Gasteiger partial charge in [-0.2, -0.15) is 0 Å². The van der Waals surface area contributed by atoms with Gasteiger partial charge in [0.1, 0.15) is 22.4 Å². The van der Waals surface area contributed by atoms with E-state index in [4.69, 9.17) is 40.9 Å². The van der Waals surface area contributed by atoms with Crippen LogP contribution in [-0.4, -0.2) is 33.3 Å². The highest BCUT2D eigenvalue weighted by Crippen LogP contribution is 2.48. The lowest BCUT2D eigenvalue weighted by Crippen LogP contribution is -2.48. The van der Waals surface area contributed by atoms with Crippen molar-refractivity contribution in [1.82, 2.24) is 0 Å². The summed E-state index contributed by atoms with van der Waals surface area (Å²) in [5, 5.41) is 1.44. The molecular formula is C60H84Cl2O4Si4. The quantitative estimate of drug-likeness (QED) is 0.0490. The Hall–Kier alpha value is -2.87. The number of hydrogen-bond acceptors (Lipinski definition) is 4. The van der Waals surface area contributed by atoms with E-state index in [2.05, 4.69) is 204 Å². The van der Waals surface area contributed by atoms with Gasteiger partial charge in [-0.05, 0) is 179 Å². The van der Waals surface area contributed by atoms with Crippen LogP contribution in [0.15, 0.2) is 146 Å². The molecule has 0 heterocycles. The van der Waals surface area contributed by atoms with Crippen molar-refractivity contribution in [2.75, 3.05) is 0 Å². The van der Waals surface area contributed by atoms with Crippen molar-refractivity contribution >= 4 is 56.5 Å². The van der Waals surface area contributed by atoms with E-state index >= 15 is 0 Å². The Morgan fingerprint density at radius 3 is 0.586 bits per heavy atom. The summed E-state index contributed by atoms with van der Waals surface area (Å²) >= 11 is 12.9. The maximum Gasteiger partial charge on any atom is 0.194 e. The van der Waals surface area contributed by atoms with Crippen LogP contribution in [0.4, 0.5) is 0 Å². The highest BCUT2D eigenvalue weighted by molar-refractivity contribution is 6.75. The summed E-state index contributed by atoms with van der Waals surface area (Å²) in [6.07, 6.45) is 18.4. The third kappa shape index (κ3) is 11.4. The molecule has 0 spiro atoms. The predicted molar refractivity (Wildman–Crippen MR) is 311 cm³/mol. The van der Waals surface area contributed by atoms with Crippen LogP contribution in [-0.2, 0) is 40.1 Å². The average Bonchev–Trinajstić information content (AvgIpc) is 3.42. The first kappa shape index (κ1) is 56.4. The van der Waals surface area contributed by atoms with Gasteiger partial charge in [0, 0.05) is 10.0 Å². The lowest BCUT2D eigenvalue weighted by Gasteiger charge is -2.46. The van der Waals surface area contributed by atoms with Gasteiger partial charge in [-0.25, -0.2) is 0 Å². The van der Waals surface area contributed by atoms with E-state index in [9.17, 15) is 0 Å². The Labute approximate surface area is 438 Å². The second-order valence-electron chi connectivity index (χ2n) is 20.1. The molecule has 4 aromatic carbocycles. The van der Waals surface area contributed by atoms with Crippen LogP contribution in [0.25, 0.3) is 11.1 Å². The number of hydrogen-bond donors (Lipinski definition) is 0. The fraction of sp³-hybridized carbons (Fsp3) is 0.467. The minimum atomic E-state index is -2.13. The highest BCUT2D eigenvalue weighted by Gasteiger charge is 2.48. The van der Waals surface area contributed by atoms with E-state index < -0.39 is 55.7 Å². The van der Waals surface area contributed by atoms with Crippen molar-refractivity contribution in [3.8, 4) is 11.1 Å². The van der Waals surface area contributed by atoms with Crippen molar-refractivity contribution in [3.05, 3.63) is 178 Å². The van der Waals surface area contributed by atoms with Gasteiger partial charge < -0.3 is 17.7 Å². The molecule has 0 atom stereocenters. The van der Waals surface area contributed by atoms with E-state index in [1.165, 1.54) is 0 Å². The minimum Gasteiger partial charge on any atom is -0.401 e. The smallest absolute Gasteiger partial charge is 0.194 e. The lowest BCUT2D eigenvalue weighted by atomic mass is 9.81. The second-order valence-corrected chi connectivity index (χ2v) is 39.7. The maximum atomic E-state index is 7.62. The zero-order valence-corrected chi connectivity index (χ0v) is 50.2. The molecule has 2 aliphatic rings. The number of benzene rings is 4. The largest absolute Gasteiger partial charge is 0.401 e. The molecule has 0 aliphatic heterocycles. The summed E-state index contributed by atoms with van der Waals surface area (Å²) in [6.45, 7) is 27.6. The predicted octanol–water partition coefficient (Wildman–Crippen LogP) is 19.2. The van der Waals surface area contributed by atoms with E-state index in [1.807, 2.05) is 24.3 Å². The van der Waals surface area contributed by atoms with Gasteiger partial charge in [-0.15, -0.1) is 0 Å². The summed E-state index contributed by atoms with van der Waals surface area (Å²) in [6, 6.07) is 47.2. The summed E-state index contributed by atoms with van der Waals surface area (Å²) in [5.41, 5.74) is 3.85. The Bertz CT molecular complexity index is 2180. The molecule has 0 saturated carbocycles. The molecule has 0 aromatic heterocycles. The topological polar surface area (TPSA) is 36.9 Å². The van der Waals surface area contributed by atoms with Gasteiger partial charge >= 0.3 is 0 Å². The zero-order chi connectivity index (χ0) is 50.9. The molecule has 6 rings (SSSR count). The molecule has 0 saturated heterocycles. The van der Waals surface area contributed by atoms with Gasteiger partial charge in [0.15, 0.2) is 33.3 Å². The molecule has 0 bridgehead atoms. The van der Waals surface area contributed by atoms with E-state index in [-0.39, 0.29) is 0 Å². The Morgan fingerprint density at radius 1 is 0.271 bits per heavy atom. The first-order chi connectivity index (χ1) is 33.6. The molecule has 0 radical (unpaired) electrons. The number of rotatable bonds is 25. The lowest BCUT2D eigenvalue weighted by molar-refractivity contribution is 0.121. The monoisotopic (exact) mass is 1050 g/mol. The van der Waals surface area contributed by atoms with E-state index in [0.29, 0.717) is 0 Å². The first-order valence-electron chi connectivity index (χ1n) is 26.9. The molecule has 0 amide bonds. The first-order valence-corrected chi connectivity index (χ1v) is 37.8. The Morgan fingerprint density at radius 2 is 0.429 bits per heavy atom. The Balaban J connectivity index is 1.41. The second kappa shape index (κ2) is 23.6. The summed E-state index contributed by atoms with van der Waals surface area (Å²) in [7, 11) is -8.40. The van der Waals surface area contributed by atoms with Crippen LogP contribution < -0.4 is 0 Å². The molecular weight excluding hydrogens is 968 g/mol. The summed E-state index contributed by atoms with van der Waals surface area (Å²) in [5.74, 6) is 0. The van der Waals surface area contributed by atoms with Crippen LogP contribution in [0.2, 0.25) is 82.6 Å². The SMILES string of the molecule is CC[Si](CC)(CC)OC1(c2ccc(Cl)cc2)C=CC(O[Si](CC)(CC)CC)(c2ccc(-c3ccc(C4(O[Si](CC)(CC)CC)C=CC(O[Si](CC)(CC)CC)(c5ccc(Cl)cc5)C=C4)cc3)cc2)C=C1. The summed E-state index contributed by atoms with van der Waals surface area (Å²) < 4.78 is 30.2. The Kier molecular flexibility index (Phi) is 19.0. The molecule has 10 heteroatoms. The van der Waals surface area contributed by atoms with Crippen LogP contribution >= 0.6 is 23.2 Å². The summed E-state index contributed by atoms with van der Waals surface area (Å²) in [4.78, 5) is 0. The van der Waals surface area contributed by atoms with Crippen LogP contribution in [0.1, 0.15) is 105 Å². The van der Waals surface area contributed by atoms with Gasteiger partial charge in [-0.3, -0.25) is 0 Å². The minimum absolute atomic E-state index is 0.712. The van der Waals surface area contributed by atoms with Gasteiger partial charge in [0.2, 0.25) is 0 Å². The zero-order valence-electron chi connectivity index (χ0n) is 44.7. The average molecular weight is 1050 g/mol. The molecule has 0 N–H and O–H groups in total. The van der Waals surface area contributed by atoms with Crippen molar-refractivity contribution in [1.29, 1.82) is 0 Å². The van der Waals surface area contributed by atoms with Crippen molar-refractivity contribution in [2.45, 2.75) is 178 Å². The van der Waals surface area contributed by atoms with Crippen LogP contribution in [0, 0.1) is 0 Å². The fourth-order valence-corrected chi connectivity index (χ4v) is 22.9. The van der Waals surface area contributed by atoms with Crippen molar-refractivity contribution < 1.29 is 17.7 Å². The van der Waals surface area contributed by atoms with E-state index in [1.54, 1.807) is 0 Å². The highest BCUT2D eigenvalue weighted by atomic mass is 35.5. The van der Waals surface area contributed by atoms with Crippen LogP contribution in [0.5, 0.6) is 0 Å². The third-order valence-electron chi connectivity index (χ3n) is 17.2. The molecule has 4 nitrogen and oxygen atoms in total. The standard InChI is InChI=1S/C60H84Cl2O4Si4/c1-13-67(14-2,15-3)63-57(41-45-59(46-42-57,53-33-37-55(61)38-34-53)65-69(19-7,20-8)21-9)51-29-25-49(26-30-51)50-27-31-52(32-28-50)58(64-68(16-4,17-5)18-6)43-47-60(48-44-58,54-35-39-56(62)40-36-54)66-70(22-10,23-11)24-12/h25-48H,13-24H2,1-12H3. The molecule has 4 aromatic rings. The third-order valence-corrected chi connectivity index (χ3v) is 36.2. The fourth-order valence-electron chi connectivity index (χ4n) is 11.1. The van der Waals surface area contributed by atoms with E-state index in [0.717, 1.165) is 116 Å². The molecule has 70 heavy (non-hydrogen) atoms. The molecule has 0 fully saturated rings. The van der Waals surface area contributed by atoms with Crippen LogP contribution in [0.3, 0.4) is 0 Å². The van der Waals surface area contributed by atoms with Crippen molar-refractivity contribution in [2.24, 2.45) is 0 Å². The molecule has 378 valence electrons. The maximum absolute atomic E-state index is 7.62. The molecule has 2 aliphatic carbocycles. The van der Waals surface area contributed by atoms with Gasteiger partial charge in [-0.1, -0.05) is 179 Å². The number of halogens is 2. The molecule has 0 unspecified atom stereocenters. The van der Waals surface area contributed by atoms with Gasteiger partial charge in [0.25, 0.3) is 0 Å². The van der Waals surface area contributed by atoms with Gasteiger partial charge in [0.05, 0.1) is 0 Å². The van der Waals surface area contributed by atoms with Crippen molar-refractivity contribution in [3.63, 3.8) is 0 Å². The normalized spacial score (nSPS) is 22.8.